The molecule has 2 N–H and O–H groups in total. The molecule has 0 spiro atoms. The number of aliphatic hydroxyl groups excluding tert-OH is 1. The Morgan fingerprint density at radius 1 is 1.36 bits per heavy atom. The van der Waals surface area contributed by atoms with E-state index in [1.165, 1.54) is 6.20 Å². The molecule has 5 nitrogen and oxygen atoms in total. The van der Waals surface area contributed by atoms with Crippen LogP contribution < -0.4 is 5.32 Å². The number of nitrogens with one attached hydrogen (secondary N) is 1. The maximum absolute atomic E-state index is 12.0. The summed E-state index contributed by atoms with van der Waals surface area (Å²) in [5.74, 6) is -0.322. The van der Waals surface area contributed by atoms with E-state index >= 15 is 0 Å². The monoisotopic (exact) mass is 363 g/mol. The van der Waals surface area contributed by atoms with Gasteiger partial charge in [-0.1, -0.05) is 28.1 Å². The third kappa shape index (κ3) is 4.89. The molecule has 1 atom stereocenters. The molecule has 2 rings (SSSR count). The van der Waals surface area contributed by atoms with Crippen molar-refractivity contribution in [2.24, 2.45) is 5.92 Å². The van der Waals surface area contributed by atoms with Crippen molar-refractivity contribution in [3.63, 3.8) is 0 Å². The van der Waals surface area contributed by atoms with Crippen LogP contribution >= 0.6 is 15.9 Å². The normalized spacial score (nSPS) is 12.0. The summed E-state index contributed by atoms with van der Waals surface area (Å²) in [5, 5.41) is 12.3. The molecule has 0 radical (unpaired) electrons. The lowest BCUT2D eigenvalue weighted by Gasteiger charge is -2.15. The Bertz CT molecular complexity index is 632. The fourth-order valence-electron chi connectivity index (χ4n) is 2.04. The number of carbonyl (C=O) groups excluding carboxylic acids is 1. The van der Waals surface area contributed by atoms with E-state index in [1.54, 1.807) is 6.20 Å². The summed E-state index contributed by atoms with van der Waals surface area (Å²) in [6, 6.07) is 7.92. The highest BCUT2D eigenvalue weighted by Crippen LogP contribution is 2.15. The Morgan fingerprint density at radius 3 is 2.82 bits per heavy atom. The van der Waals surface area contributed by atoms with Crippen molar-refractivity contribution >= 4 is 21.8 Å². The Balaban J connectivity index is 1.90. The smallest absolute Gasteiger partial charge is 0.271 e. The summed E-state index contributed by atoms with van der Waals surface area (Å²) in [6.45, 7) is 2.21. The van der Waals surface area contributed by atoms with Gasteiger partial charge in [-0.15, -0.1) is 0 Å². The molecule has 1 heterocycles. The van der Waals surface area contributed by atoms with E-state index in [1.807, 2.05) is 31.2 Å². The number of carbonyl (C=O) groups is 1. The van der Waals surface area contributed by atoms with Crippen LogP contribution in [0.3, 0.4) is 0 Å². The van der Waals surface area contributed by atoms with Gasteiger partial charge in [-0.25, -0.2) is 4.98 Å². The number of rotatable bonds is 6. The zero-order valence-electron chi connectivity index (χ0n) is 12.3. The largest absolute Gasteiger partial charge is 0.396 e. The molecular weight excluding hydrogens is 346 g/mol. The fraction of sp³-hybridized carbons (Fsp3) is 0.312. The first-order valence-electron chi connectivity index (χ1n) is 7.00. The van der Waals surface area contributed by atoms with E-state index < -0.39 is 0 Å². The molecule has 1 amide bonds. The summed E-state index contributed by atoms with van der Waals surface area (Å²) < 4.78 is 1.00. The van der Waals surface area contributed by atoms with Gasteiger partial charge in [0.15, 0.2) is 0 Å². The summed E-state index contributed by atoms with van der Waals surface area (Å²) >= 11 is 3.43. The standard InChI is InChI=1S/C16H18BrN3O2/c1-11-7-19-15(9-18-11)16(22)20-8-13(10-21)5-12-3-2-4-14(17)6-12/h2-4,6-7,9,13,21H,5,8,10H2,1H3,(H,20,22)/t13-/m1/s1. The Kier molecular flexibility index (Phi) is 6.03. The Morgan fingerprint density at radius 2 is 2.18 bits per heavy atom. The molecular formula is C16H18BrN3O2. The minimum atomic E-state index is -0.278. The van der Waals surface area contributed by atoms with Crippen LogP contribution in [0.15, 0.2) is 41.1 Å². The Hall–Kier alpha value is -1.79. The average molecular weight is 364 g/mol. The molecule has 0 saturated heterocycles. The molecule has 22 heavy (non-hydrogen) atoms. The predicted octanol–water partition coefficient (Wildman–Crippen LogP) is 2.13. The summed E-state index contributed by atoms with van der Waals surface area (Å²) in [5.41, 5.74) is 2.15. The van der Waals surface area contributed by atoms with E-state index in [9.17, 15) is 9.90 Å². The van der Waals surface area contributed by atoms with E-state index in [-0.39, 0.29) is 24.1 Å². The minimum absolute atomic E-state index is 0.00632. The highest BCUT2D eigenvalue weighted by Gasteiger charge is 2.13. The third-order valence-corrected chi connectivity index (χ3v) is 3.73. The summed E-state index contributed by atoms with van der Waals surface area (Å²) in [4.78, 5) is 20.1. The van der Waals surface area contributed by atoms with Crippen LogP contribution in [-0.4, -0.2) is 34.1 Å². The molecule has 1 aromatic carbocycles. The lowest BCUT2D eigenvalue weighted by Crippen LogP contribution is -2.32. The van der Waals surface area contributed by atoms with E-state index in [4.69, 9.17) is 0 Å². The van der Waals surface area contributed by atoms with Gasteiger partial charge in [0.05, 0.1) is 11.9 Å². The van der Waals surface area contributed by atoms with Crippen molar-refractivity contribution in [1.29, 1.82) is 0 Å². The van der Waals surface area contributed by atoms with Gasteiger partial charge < -0.3 is 10.4 Å². The van der Waals surface area contributed by atoms with E-state index in [2.05, 4.69) is 31.2 Å². The maximum Gasteiger partial charge on any atom is 0.271 e. The second kappa shape index (κ2) is 8.00. The minimum Gasteiger partial charge on any atom is -0.396 e. The zero-order chi connectivity index (χ0) is 15.9. The second-order valence-electron chi connectivity index (χ2n) is 5.14. The van der Waals surface area contributed by atoms with Gasteiger partial charge in [0, 0.05) is 29.7 Å². The van der Waals surface area contributed by atoms with Crippen LogP contribution in [0.1, 0.15) is 21.7 Å². The van der Waals surface area contributed by atoms with Crippen molar-refractivity contribution in [3.8, 4) is 0 Å². The molecule has 6 heteroatoms. The first-order chi connectivity index (χ1) is 10.6. The lowest BCUT2D eigenvalue weighted by atomic mass is 10.00. The fourth-order valence-corrected chi connectivity index (χ4v) is 2.48. The number of amides is 1. The number of halogens is 1. The number of nitrogens with zero attached hydrogens (tertiary/aromatic N) is 2. The number of aryl methyl sites for hydroxylation is 1. The molecule has 0 bridgehead atoms. The zero-order valence-corrected chi connectivity index (χ0v) is 13.9. The van der Waals surface area contributed by atoms with Crippen molar-refractivity contribution < 1.29 is 9.90 Å². The molecule has 116 valence electrons. The van der Waals surface area contributed by atoms with Crippen LogP contribution in [0.25, 0.3) is 0 Å². The van der Waals surface area contributed by atoms with Crippen LogP contribution in [0, 0.1) is 12.8 Å². The van der Waals surface area contributed by atoms with Gasteiger partial charge in [0.2, 0.25) is 0 Å². The van der Waals surface area contributed by atoms with Crippen molar-refractivity contribution in [2.45, 2.75) is 13.3 Å². The molecule has 0 aliphatic carbocycles. The van der Waals surface area contributed by atoms with E-state index in [0.29, 0.717) is 13.0 Å². The van der Waals surface area contributed by atoms with Gasteiger partial charge in [0.25, 0.3) is 5.91 Å². The maximum atomic E-state index is 12.0. The molecule has 0 saturated carbocycles. The number of aliphatic hydroxyl groups is 1. The van der Waals surface area contributed by atoms with Crippen molar-refractivity contribution in [1.82, 2.24) is 15.3 Å². The quantitative estimate of drug-likeness (QED) is 0.824. The van der Waals surface area contributed by atoms with E-state index in [0.717, 1.165) is 15.7 Å². The molecule has 0 unspecified atom stereocenters. The predicted molar refractivity (Wildman–Crippen MR) is 87.5 cm³/mol. The summed E-state index contributed by atoms with van der Waals surface area (Å²) in [7, 11) is 0. The third-order valence-electron chi connectivity index (χ3n) is 3.24. The van der Waals surface area contributed by atoms with Crippen LogP contribution in [0.2, 0.25) is 0 Å². The molecule has 2 aromatic rings. The van der Waals surface area contributed by atoms with Crippen molar-refractivity contribution in [2.75, 3.05) is 13.2 Å². The van der Waals surface area contributed by atoms with Crippen LogP contribution in [0.4, 0.5) is 0 Å². The van der Waals surface area contributed by atoms with Gasteiger partial charge in [0.1, 0.15) is 5.69 Å². The van der Waals surface area contributed by atoms with Crippen LogP contribution in [-0.2, 0) is 6.42 Å². The number of benzene rings is 1. The van der Waals surface area contributed by atoms with Crippen molar-refractivity contribution in [3.05, 3.63) is 58.1 Å². The van der Waals surface area contributed by atoms with Crippen LogP contribution in [0.5, 0.6) is 0 Å². The second-order valence-corrected chi connectivity index (χ2v) is 6.05. The molecule has 0 fully saturated rings. The summed E-state index contributed by atoms with van der Waals surface area (Å²) in [6.07, 6.45) is 3.70. The first kappa shape index (κ1) is 16.6. The Labute approximate surface area is 137 Å². The number of hydrogen-bond donors (Lipinski definition) is 2. The van der Waals surface area contributed by atoms with Gasteiger partial charge in [-0.2, -0.15) is 0 Å². The SMILES string of the molecule is Cc1cnc(C(=O)NC[C@H](CO)Cc2cccc(Br)c2)cn1. The topological polar surface area (TPSA) is 75.1 Å². The lowest BCUT2D eigenvalue weighted by molar-refractivity contribution is 0.0934. The molecule has 1 aromatic heterocycles. The molecule has 0 aliphatic rings. The first-order valence-corrected chi connectivity index (χ1v) is 7.80. The average Bonchev–Trinajstić information content (AvgIpc) is 2.52. The van der Waals surface area contributed by atoms with Gasteiger partial charge in [-0.05, 0) is 31.0 Å². The molecule has 0 aliphatic heterocycles. The highest BCUT2D eigenvalue weighted by atomic mass is 79.9. The highest BCUT2D eigenvalue weighted by molar-refractivity contribution is 9.10. The number of hydrogen-bond acceptors (Lipinski definition) is 4. The van der Waals surface area contributed by atoms with Gasteiger partial charge >= 0.3 is 0 Å². The number of aromatic nitrogens is 2. The van der Waals surface area contributed by atoms with Gasteiger partial charge in [-0.3, -0.25) is 9.78 Å².